The summed E-state index contributed by atoms with van der Waals surface area (Å²) in [6.45, 7) is 6.83. The molecule has 3 heteroatoms. The van der Waals surface area contributed by atoms with E-state index < -0.39 is 0 Å². The second-order valence-corrected chi connectivity index (χ2v) is 2.77. The van der Waals surface area contributed by atoms with Crippen molar-refractivity contribution < 1.29 is 37.4 Å². The van der Waals surface area contributed by atoms with E-state index in [0.29, 0.717) is 0 Å². The predicted molar refractivity (Wildman–Crippen MR) is 44.6 cm³/mol. The van der Waals surface area contributed by atoms with Gasteiger partial charge in [0, 0.05) is 5.75 Å². The number of benzene rings is 1. The van der Waals surface area contributed by atoms with Gasteiger partial charge in [-0.15, -0.1) is 11.6 Å². The van der Waals surface area contributed by atoms with Crippen LogP contribution < -0.4 is 4.74 Å². The Labute approximate surface area is 103 Å². The molecule has 1 aromatic rings. The van der Waals surface area contributed by atoms with Crippen LogP contribution in [0.4, 0.5) is 0 Å². The Morgan fingerprint density at radius 3 is 3.23 bits per heavy atom. The third kappa shape index (κ3) is 2.30. The molecule has 0 spiro atoms. The van der Waals surface area contributed by atoms with E-state index in [1.54, 1.807) is 0 Å². The topological polar surface area (TPSA) is 13.6 Å². The van der Waals surface area contributed by atoms with Gasteiger partial charge < -0.3 is 4.74 Å². The van der Waals surface area contributed by atoms with Crippen LogP contribution in [-0.4, -0.2) is 6.23 Å². The van der Waals surface area contributed by atoms with Crippen molar-refractivity contribution >= 4 is 0 Å². The summed E-state index contributed by atoms with van der Waals surface area (Å²) in [6.07, 6.45) is 1.45. The van der Waals surface area contributed by atoms with E-state index >= 15 is 0 Å². The van der Waals surface area contributed by atoms with Gasteiger partial charge in [0.05, 0.1) is 6.42 Å². The van der Waals surface area contributed by atoms with Crippen molar-refractivity contribution in [3.63, 3.8) is 0 Å². The molecule has 0 fully saturated rings. The van der Waals surface area contributed by atoms with Gasteiger partial charge in [0.1, 0.15) is 0 Å². The number of rotatable bonds is 0. The normalized spacial score (nSPS) is 18.8. The molecule has 0 aliphatic carbocycles. The van der Waals surface area contributed by atoms with E-state index in [-0.39, 0.29) is 38.9 Å². The van der Waals surface area contributed by atoms with E-state index in [1.165, 1.54) is 0 Å². The van der Waals surface area contributed by atoms with E-state index in [2.05, 4.69) is 10.9 Å². The molecule has 1 aliphatic heterocycles. The van der Waals surface area contributed by atoms with Crippen molar-refractivity contribution in [2.24, 2.45) is 0 Å². The first-order chi connectivity index (χ1) is 5.90. The van der Waals surface area contributed by atoms with Crippen molar-refractivity contribution in [2.75, 3.05) is 0 Å². The van der Waals surface area contributed by atoms with Crippen molar-refractivity contribution in [3.05, 3.63) is 41.2 Å². The second kappa shape index (κ2) is 4.74. The number of ether oxygens (including phenoxy) is 1. The van der Waals surface area contributed by atoms with E-state index in [0.717, 1.165) is 24.2 Å². The van der Waals surface area contributed by atoms with Crippen molar-refractivity contribution in [1.29, 1.82) is 0 Å². The third-order valence-electron chi connectivity index (χ3n) is 1.97. The van der Waals surface area contributed by atoms with Crippen LogP contribution in [0, 0.1) is 12.6 Å². The van der Waals surface area contributed by atoms with E-state index in [4.69, 9.17) is 11.3 Å². The fourth-order valence-electron chi connectivity index (χ4n) is 1.34. The fraction of sp³-hybridized carbons (Fsp3) is 0.300. The minimum atomic E-state index is -0.278. The van der Waals surface area contributed by atoms with Gasteiger partial charge in [-0.1, -0.05) is 6.42 Å². The summed E-state index contributed by atoms with van der Waals surface area (Å²) in [7, 11) is 0. The summed E-state index contributed by atoms with van der Waals surface area (Å²) in [4.78, 5) is 3.36. The van der Waals surface area contributed by atoms with Gasteiger partial charge in [-0.2, -0.15) is 18.2 Å². The summed E-state index contributed by atoms with van der Waals surface area (Å²) < 4.78 is 5.41. The average Bonchev–Trinajstić information content (AvgIpc) is 2.17. The van der Waals surface area contributed by atoms with Crippen LogP contribution in [0.25, 0.3) is 4.85 Å². The maximum Gasteiger partial charge on any atom is 3.00 e. The Morgan fingerprint density at radius 2 is 2.46 bits per heavy atom. The molecule has 0 aromatic heterocycles. The number of hydrogen-bond donors (Lipinski definition) is 0. The molecule has 0 bridgehead atoms. The van der Waals surface area contributed by atoms with E-state index in [9.17, 15) is 0 Å². The quantitative estimate of drug-likeness (QED) is 0.640. The molecule has 13 heavy (non-hydrogen) atoms. The molecule has 0 N–H and O–H groups in total. The van der Waals surface area contributed by atoms with Gasteiger partial charge in [0.25, 0.3) is 0 Å². The Morgan fingerprint density at radius 1 is 1.62 bits per heavy atom. The van der Waals surface area contributed by atoms with Gasteiger partial charge in [0.15, 0.2) is 0 Å². The zero-order chi connectivity index (χ0) is 8.39. The molecule has 60 valence electrons. The number of nitrogens with zero attached hydrogens (tertiary/aromatic N) is 1. The number of hydrogen-bond acceptors (Lipinski definition) is 1. The molecule has 0 saturated heterocycles. The first-order valence-electron chi connectivity index (χ1n) is 3.92. The molecular weight excluding hydrogens is 239 g/mol. The summed E-state index contributed by atoms with van der Waals surface area (Å²) in [5.74, 6) is 0.848. The Bertz CT molecular complexity index is 332. The summed E-state index contributed by atoms with van der Waals surface area (Å²) in [5.41, 5.74) is 1.16. The van der Waals surface area contributed by atoms with Crippen LogP contribution in [0.3, 0.4) is 0 Å². The zero-order valence-corrected chi connectivity index (χ0v) is 9.99. The first kappa shape index (κ1) is 10.7. The minimum Gasteiger partial charge on any atom is -0.450 e. The largest absolute Gasteiger partial charge is 3.00 e. The van der Waals surface area contributed by atoms with Crippen LogP contribution in [0.5, 0.6) is 5.75 Å². The van der Waals surface area contributed by atoms with Crippen molar-refractivity contribution in [3.8, 4) is 5.75 Å². The molecule has 2 rings (SSSR count). The number of fused-ring (bicyclic) bond motifs is 1. The SMILES string of the molecule is [C-]#[N+]C1CCc2c[c-]ccc2O1.[Y+3]. The van der Waals surface area contributed by atoms with Gasteiger partial charge in [-0.3, -0.25) is 4.85 Å². The van der Waals surface area contributed by atoms with Crippen molar-refractivity contribution in [1.82, 2.24) is 0 Å². The molecule has 1 aliphatic rings. The Hall–Kier alpha value is -0.386. The Balaban J connectivity index is 0.000000845. The van der Waals surface area contributed by atoms with Crippen LogP contribution in [0.2, 0.25) is 0 Å². The van der Waals surface area contributed by atoms with Crippen molar-refractivity contribution in [2.45, 2.75) is 19.1 Å². The monoisotopic (exact) mass is 247 g/mol. The fourth-order valence-corrected chi connectivity index (χ4v) is 1.34. The van der Waals surface area contributed by atoms with Crippen LogP contribution >= 0.6 is 0 Å². The average molecular weight is 247 g/mol. The second-order valence-electron chi connectivity index (χ2n) is 2.77. The summed E-state index contributed by atoms with van der Waals surface area (Å²) in [6, 6.07) is 8.60. The maximum absolute atomic E-state index is 6.83. The van der Waals surface area contributed by atoms with E-state index in [1.807, 2.05) is 18.2 Å². The third-order valence-corrected chi connectivity index (χ3v) is 1.97. The molecule has 0 radical (unpaired) electrons. The molecule has 1 atom stereocenters. The molecular formula is C10H8NOY+2. The van der Waals surface area contributed by atoms with Gasteiger partial charge in [-0.05, 0) is 0 Å². The standard InChI is InChI=1S/C10H8NO.Y/c1-11-10-7-6-8-4-2-3-5-9(8)12-10;/h3-5,10H,6-7H2;/q-1;+3. The zero-order valence-electron chi connectivity index (χ0n) is 7.16. The summed E-state index contributed by atoms with van der Waals surface area (Å²) >= 11 is 0. The first-order valence-corrected chi connectivity index (χ1v) is 3.92. The van der Waals surface area contributed by atoms with Gasteiger partial charge in [-0.25, -0.2) is 6.57 Å². The van der Waals surface area contributed by atoms with Crippen LogP contribution in [-0.2, 0) is 39.1 Å². The molecule has 1 unspecified atom stereocenters. The summed E-state index contributed by atoms with van der Waals surface area (Å²) in [5, 5.41) is 0. The van der Waals surface area contributed by atoms with Crippen LogP contribution in [0.15, 0.2) is 18.2 Å². The molecule has 0 saturated carbocycles. The predicted octanol–water partition coefficient (Wildman–Crippen LogP) is 2.05. The molecule has 1 aromatic carbocycles. The minimum absolute atomic E-state index is 0. The molecule has 2 nitrogen and oxygen atoms in total. The van der Waals surface area contributed by atoms with Gasteiger partial charge in [0.2, 0.25) is 0 Å². The smallest absolute Gasteiger partial charge is 0.450 e. The number of aryl methyl sites for hydroxylation is 1. The van der Waals surface area contributed by atoms with Gasteiger partial charge >= 0.3 is 38.9 Å². The molecule has 0 amide bonds. The maximum atomic E-state index is 6.83. The Kier molecular flexibility index (Phi) is 3.90. The van der Waals surface area contributed by atoms with Crippen LogP contribution in [0.1, 0.15) is 12.0 Å². The molecule has 1 heterocycles.